The minimum Gasteiger partial charge on any atom is -0.493 e. The average molecular weight is 576 g/mol. The van der Waals surface area contributed by atoms with E-state index in [0.29, 0.717) is 27.8 Å². The van der Waals surface area contributed by atoms with Gasteiger partial charge in [-0.25, -0.2) is 9.79 Å². The highest BCUT2D eigenvalue weighted by Crippen LogP contribution is 2.40. The number of hydrogen-bond donors (Lipinski definition) is 0. The summed E-state index contributed by atoms with van der Waals surface area (Å²) < 4.78 is 23.4. The van der Waals surface area contributed by atoms with Gasteiger partial charge in [-0.15, -0.1) is 0 Å². The second-order valence-corrected chi connectivity index (χ2v) is 8.63. The molecule has 0 atom stereocenters. The summed E-state index contributed by atoms with van der Waals surface area (Å²) >= 11 is 8.44. The normalized spacial score (nSPS) is 14.1. The lowest BCUT2D eigenvalue weighted by Gasteiger charge is -2.16. The van der Waals surface area contributed by atoms with Crippen molar-refractivity contribution in [3.05, 3.63) is 91.6 Å². The van der Waals surface area contributed by atoms with Crippen molar-refractivity contribution >= 4 is 52.1 Å². The molecule has 0 fully saturated rings. The van der Waals surface area contributed by atoms with Crippen molar-refractivity contribution in [2.75, 3.05) is 14.2 Å². The van der Waals surface area contributed by atoms with Gasteiger partial charge in [0.2, 0.25) is 11.6 Å². The highest BCUT2D eigenvalue weighted by Gasteiger charge is 2.25. The second-order valence-electron chi connectivity index (χ2n) is 6.98. The molecule has 0 aromatic heterocycles. The number of rotatable bonds is 7. The number of carbonyl (C=O) groups excluding carboxylic acids is 1. The fourth-order valence-electron chi connectivity index (χ4n) is 3.17. The molecule has 168 valence electrons. The predicted molar refractivity (Wildman–Crippen MR) is 135 cm³/mol. The van der Waals surface area contributed by atoms with Gasteiger partial charge in [0, 0.05) is 19.7 Å². The molecule has 0 aliphatic carbocycles. The maximum absolute atomic E-state index is 12.4. The average Bonchev–Trinajstić information content (AvgIpc) is 3.18. The zero-order valence-electron chi connectivity index (χ0n) is 17.8. The minimum absolute atomic E-state index is 0.178. The minimum atomic E-state index is -0.527. The largest absolute Gasteiger partial charge is 0.493 e. The maximum atomic E-state index is 12.4. The quantitative estimate of drug-likeness (QED) is 0.200. The summed E-state index contributed by atoms with van der Waals surface area (Å²) in [5, 5.41) is 0.610. The number of cyclic esters (lactones) is 1. The van der Waals surface area contributed by atoms with Gasteiger partial charge in [-0.3, -0.25) is 0 Å². The van der Waals surface area contributed by atoms with Crippen LogP contribution in [-0.4, -0.2) is 26.1 Å². The Labute approximate surface area is 209 Å². The zero-order chi connectivity index (χ0) is 23.4. The second kappa shape index (κ2) is 10.3. The third kappa shape index (κ3) is 5.31. The Balaban J connectivity index is 1.63. The van der Waals surface area contributed by atoms with Crippen molar-refractivity contribution in [3.8, 4) is 17.2 Å². The van der Waals surface area contributed by atoms with E-state index in [1.54, 1.807) is 24.3 Å². The number of aliphatic imine (C=N–C) groups is 1. The molecule has 1 heterocycles. The van der Waals surface area contributed by atoms with Crippen molar-refractivity contribution < 1.29 is 23.7 Å². The topological polar surface area (TPSA) is 66.4 Å². The van der Waals surface area contributed by atoms with Crippen LogP contribution in [0.5, 0.6) is 17.2 Å². The Morgan fingerprint density at radius 2 is 1.70 bits per heavy atom. The van der Waals surface area contributed by atoms with Gasteiger partial charge in [-0.2, -0.15) is 0 Å². The van der Waals surface area contributed by atoms with E-state index in [4.69, 9.17) is 30.5 Å². The van der Waals surface area contributed by atoms with Gasteiger partial charge in [-0.05, 0) is 76.7 Å². The predicted octanol–water partition coefficient (Wildman–Crippen LogP) is 5.89. The van der Waals surface area contributed by atoms with Crippen molar-refractivity contribution in [1.82, 2.24) is 0 Å². The first-order valence-corrected chi connectivity index (χ1v) is 11.3. The van der Waals surface area contributed by atoms with Crippen molar-refractivity contribution in [3.63, 3.8) is 0 Å². The Morgan fingerprint density at radius 3 is 2.33 bits per heavy atom. The van der Waals surface area contributed by atoms with Gasteiger partial charge in [-0.1, -0.05) is 29.8 Å². The molecule has 33 heavy (non-hydrogen) atoms. The summed E-state index contributed by atoms with van der Waals surface area (Å²) in [6, 6.07) is 18.5. The number of methoxy groups -OCH3 is 2. The smallest absolute Gasteiger partial charge is 0.363 e. The molecule has 1 aliphatic heterocycles. The van der Waals surface area contributed by atoms with Crippen LogP contribution >= 0.6 is 34.2 Å². The highest BCUT2D eigenvalue weighted by molar-refractivity contribution is 14.1. The van der Waals surface area contributed by atoms with Crippen LogP contribution in [0.2, 0.25) is 5.02 Å². The fourth-order valence-corrected chi connectivity index (χ4v) is 3.72. The van der Waals surface area contributed by atoms with Crippen LogP contribution in [0.1, 0.15) is 16.7 Å². The standard InChI is InChI=1S/C25H19ClINO5/c1-30-21-12-15(11-20-25(29)33-24(28-20)16-7-9-18(27)10-8-16)13-22(31-2)23(21)32-14-17-5-3-4-6-19(17)26/h3-13H,14H2,1-2H3/b20-11+. The summed E-state index contributed by atoms with van der Waals surface area (Å²) in [6.45, 7) is 0.239. The maximum Gasteiger partial charge on any atom is 0.363 e. The molecule has 0 amide bonds. The summed E-state index contributed by atoms with van der Waals surface area (Å²) in [7, 11) is 3.07. The van der Waals surface area contributed by atoms with Crippen LogP contribution in [0, 0.1) is 3.57 Å². The molecule has 0 saturated heterocycles. The summed E-state index contributed by atoms with van der Waals surface area (Å²) in [5.74, 6) is 1.06. The lowest BCUT2D eigenvalue weighted by atomic mass is 10.1. The molecular formula is C25H19ClINO5. The Kier molecular flexibility index (Phi) is 7.20. The van der Waals surface area contributed by atoms with E-state index < -0.39 is 5.97 Å². The van der Waals surface area contributed by atoms with Gasteiger partial charge in [0.25, 0.3) is 0 Å². The summed E-state index contributed by atoms with van der Waals surface area (Å²) in [6.07, 6.45) is 1.62. The van der Waals surface area contributed by atoms with Crippen LogP contribution in [-0.2, 0) is 16.1 Å². The first kappa shape index (κ1) is 23.1. The third-order valence-corrected chi connectivity index (χ3v) is 5.92. The Bertz CT molecular complexity index is 1230. The SMILES string of the molecule is COc1cc(/C=C2/N=C(c3ccc(I)cc3)OC2=O)cc(OC)c1OCc1ccccc1Cl. The summed E-state index contributed by atoms with van der Waals surface area (Å²) in [4.78, 5) is 16.7. The highest BCUT2D eigenvalue weighted by atomic mass is 127. The number of benzene rings is 3. The third-order valence-electron chi connectivity index (χ3n) is 4.83. The molecule has 8 heteroatoms. The molecule has 0 spiro atoms. The van der Waals surface area contributed by atoms with E-state index in [1.807, 2.05) is 42.5 Å². The van der Waals surface area contributed by atoms with Gasteiger partial charge in [0.15, 0.2) is 17.2 Å². The Hall–Kier alpha value is -3.04. The number of nitrogens with zero attached hydrogens (tertiary/aromatic N) is 1. The molecule has 4 rings (SSSR count). The van der Waals surface area contributed by atoms with Gasteiger partial charge in [0.05, 0.1) is 14.2 Å². The number of esters is 1. The van der Waals surface area contributed by atoms with Crippen LogP contribution in [0.15, 0.2) is 71.4 Å². The van der Waals surface area contributed by atoms with Crippen molar-refractivity contribution in [2.45, 2.75) is 6.61 Å². The molecule has 0 N–H and O–H groups in total. The monoisotopic (exact) mass is 575 g/mol. The van der Waals surface area contributed by atoms with Crippen LogP contribution in [0.25, 0.3) is 6.08 Å². The van der Waals surface area contributed by atoms with Gasteiger partial charge >= 0.3 is 5.97 Å². The van der Waals surface area contributed by atoms with Crippen LogP contribution < -0.4 is 14.2 Å². The van der Waals surface area contributed by atoms with Gasteiger partial charge in [0.1, 0.15) is 6.61 Å². The first-order valence-electron chi connectivity index (χ1n) is 9.89. The first-order chi connectivity index (χ1) is 16.0. The number of carbonyl (C=O) groups is 1. The molecule has 0 saturated carbocycles. The fraction of sp³-hybridized carbons (Fsp3) is 0.120. The summed E-state index contributed by atoms with van der Waals surface area (Å²) in [5.41, 5.74) is 2.39. The van der Waals surface area contributed by atoms with E-state index in [-0.39, 0.29) is 18.2 Å². The Morgan fingerprint density at radius 1 is 1.03 bits per heavy atom. The molecule has 0 bridgehead atoms. The molecule has 0 radical (unpaired) electrons. The molecule has 1 aliphatic rings. The van der Waals surface area contributed by atoms with Crippen molar-refractivity contribution in [2.24, 2.45) is 4.99 Å². The van der Waals surface area contributed by atoms with Crippen LogP contribution in [0.3, 0.4) is 0 Å². The molecule has 3 aromatic carbocycles. The molecular weight excluding hydrogens is 557 g/mol. The van der Waals surface area contributed by atoms with Gasteiger partial charge < -0.3 is 18.9 Å². The van der Waals surface area contributed by atoms with E-state index in [2.05, 4.69) is 27.6 Å². The van der Waals surface area contributed by atoms with E-state index in [9.17, 15) is 4.79 Å². The zero-order valence-corrected chi connectivity index (χ0v) is 20.7. The lowest BCUT2D eigenvalue weighted by Crippen LogP contribution is -2.05. The lowest BCUT2D eigenvalue weighted by molar-refractivity contribution is -0.129. The van der Waals surface area contributed by atoms with Crippen molar-refractivity contribution in [1.29, 1.82) is 0 Å². The van der Waals surface area contributed by atoms with E-state index in [0.717, 1.165) is 14.7 Å². The molecule has 3 aromatic rings. The van der Waals surface area contributed by atoms with E-state index in [1.165, 1.54) is 14.2 Å². The van der Waals surface area contributed by atoms with Crippen LogP contribution in [0.4, 0.5) is 0 Å². The van der Waals surface area contributed by atoms with E-state index >= 15 is 0 Å². The molecule has 6 nitrogen and oxygen atoms in total. The number of hydrogen-bond acceptors (Lipinski definition) is 6. The number of halogens is 2. The molecule has 0 unspecified atom stereocenters. The number of ether oxygens (including phenoxy) is 4.